The number of anilines is 1. The van der Waals surface area contributed by atoms with Crippen LogP contribution in [-0.4, -0.2) is 39.5 Å². The largest absolute Gasteiger partial charge is 0.354 e. The van der Waals surface area contributed by atoms with Gasteiger partial charge in [0.25, 0.3) is 0 Å². The lowest BCUT2D eigenvalue weighted by atomic mass is 9.83. The van der Waals surface area contributed by atoms with Crippen LogP contribution in [0.3, 0.4) is 0 Å². The molecule has 7 heteroatoms. The van der Waals surface area contributed by atoms with Crippen LogP contribution in [0, 0.1) is 0 Å². The normalized spacial score (nSPS) is 24.8. The summed E-state index contributed by atoms with van der Waals surface area (Å²) in [7, 11) is 0. The Morgan fingerprint density at radius 1 is 1.16 bits per heavy atom. The van der Waals surface area contributed by atoms with E-state index in [0.717, 1.165) is 49.7 Å². The van der Waals surface area contributed by atoms with Crippen LogP contribution in [0.25, 0.3) is 11.8 Å². The Hall–Kier alpha value is -2.77. The van der Waals surface area contributed by atoms with Crippen molar-refractivity contribution in [2.75, 3.05) is 18.4 Å². The molecule has 1 fully saturated rings. The number of fused-ring (bicyclic) bond motifs is 2. The highest BCUT2D eigenvalue weighted by atomic mass is 32.2. The summed E-state index contributed by atoms with van der Waals surface area (Å²) in [4.78, 5) is 11.8. The second kappa shape index (κ2) is 8.30. The summed E-state index contributed by atoms with van der Waals surface area (Å²) in [5, 5.41) is 12.9. The summed E-state index contributed by atoms with van der Waals surface area (Å²) in [6.07, 6.45) is 9.60. The summed E-state index contributed by atoms with van der Waals surface area (Å²) in [6.45, 7) is 4.41. The molecule has 1 unspecified atom stereocenters. The van der Waals surface area contributed by atoms with E-state index in [0.29, 0.717) is 12.0 Å². The minimum Gasteiger partial charge on any atom is -0.354 e. The van der Waals surface area contributed by atoms with Gasteiger partial charge in [0, 0.05) is 18.4 Å². The maximum Gasteiger partial charge on any atom is 0.223 e. The van der Waals surface area contributed by atoms with Crippen molar-refractivity contribution in [1.82, 2.24) is 25.5 Å². The van der Waals surface area contributed by atoms with Gasteiger partial charge in [0.2, 0.25) is 5.95 Å². The van der Waals surface area contributed by atoms with Crippen molar-refractivity contribution in [2.24, 2.45) is 0 Å². The Bertz CT molecular complexity index is 1120. The third kappa shape index (κ3) is 3.59. The number of hydrogen-bond donors (Lipinski definition) is 3. The van der Waals surface area contributed by atoms with Gasteiger partial charge in [-0.15, -0.1) is 0 Å². The number of aromatic nitrogens is 2. The molecule has 4 aliphatic rings. The van der Waals surface area contributed by atoms with Crippen molar-refractivity contribution >= 4 is 29.5 Å². The average Bonchev–Trinajstić information content (AvgIpc) is 3.41. The van der Waals surface area contributed by atoms with Gasteiger partial charge in [-0.2, -0.15) is 0 Å². The summed E-state index contributed by atoms with van der Waals surface area (Å²) < 4.78 is 0. The zero-order valence-corrected chi connectivity index (χ0v) is 19.0. The highest BCUT2D eigenvalue weighted by molar-refractivity contribution is 8.02. The Labute approximate surface area is 193 Å². The van der Waals surface area contributed by atoms with E-state index in [1.807, 2.05) is 12.3 Å². The Morgan fingerprint density at radius 2 is 2.03 bits per heavy atom. The van der Waals surface area contributed by atoms with Crippen LogP contribution < -0.4 is 16.0 Å². The molecule has 2 atom stereocenters. The van der Waals surface area contributed by atoms with Gasteiger partial charge in [-0.3, -0.25) is 0 Å². The fourth-order valence-electron chi connectivity index (χ4n) is 5.10. The first kappa shape index (κ1) is 19.9. The lowest BCUT2D eigenvalue weighted by molar-refractivity contribution is 0.477. The highest BCUT2D eigenvalue weighted by Crippen LogP contribution is 2.44. The Balaban J connectivity index is 1.39. The number of rotatable bonds is 4. The molecule has 32 heavy (non-hydrogen) atoms. The van der Waals surface area contributed by atoms with E-state index in [1.54, 1.807) is 11.8 Å². The van der Waals surface area contributed by atoms with E-state index in [2.05, 4.69) is 74.7 Å². The van der Waals surface area contributed by atoms with E-state index in [9.17, 15) is 0 Å². The molecule has 0 amide bonds. The molecule has 1 aliphatic carbocycles. The van der Waals surface area contributed by atoms with Crippen LogP contribution in [0.2, 0.25) is 0 Å². The highest BCUT2D eigenvalue weighted by Gasteiger charge is 2.36. The molecule has 0 spiro atoms. The molecule has 2 aromatic rings. The van der Waals surface area contributed by atoms with E-state index >= 15 is 0 Å². The Morgan fingerprint density at radius 3 is 2.94 bits per heavy atom. The monoisotopic (exact) mass is 444 g/mol. The van der Waals surface area contributed by atoms with Crippen molar-refractivity contribution in [1.29, 1.82) is 0 Å². The molecule has 0 radical (unpaired) electrons. The van der Waals surface area contributed by atoms with E-state index < -0.39 is 0 Å². The fraction of sp³-hybridized carbons (Fsp3) is 0.360. The molecular formula is C25H28N6S. The van der Waals surface area contributed by atoms with E-state index in [4.69, 9.17) is 4.98 Å². The quantitative estimate of drug-likeness (QED) is 0.650. The first-order chi connectivity index (χ1) is 15.8. The van der Waals surface area contributed by atoms with Gasteiger partial charge in [-0.25, -0.2) is 9.97 Å². The van der Waals surface area contributed by atoms with Crippen LogP contribution in [0.4, 0.5) is 5.95 Å². The average molecular weight is 445 g/mol. The summed E-state index contributed by atoms with van der Waals surface area (Å²) in [6, 6.07) is 11.2. The molecule has 1 saturated heterocycles. The smallest absolute Gasteiger partial charge is 0.223 e. The van der Waals surface area contributed by atoms with Gasteiger partial charge < -0.3 is 20.9 Å². The molecular weight excluding hydrogens is 416 g/mol. The number of piperidine rings is 1. The molecule has 3 N–H and O–H groups in total. The van der Waals surface area contributed by atoms with Crippen molar-refractivity contribution in [3.63, 3.8) is 0 Å². The molecule has 1 aromatic heterocycles. The van der Waals surface area contributed by atoms with Gasteiger partial charge >= 0.3 is 0 Å². The van der Waals surface area contributed by atoms with Crippen LogP contribution in [0.1, 0.15) is 48.9 Å². The first-order valence-electron chi connectivity index (χ1n) is 11.5. The van der Waals surface area contributed by atoms with Crippen molar-refractivity contribution < 1.29 is 0 Å². The first-order valence-corrected chi connectivity index (χ1v) is 12.4. The number of thioether (sulfide) groups is 1. The van der Waals surface area contributed by atoms with Crippen molar-refractivity contribution in [3.8, 4) is 0 Å². The zero-order valence-electron chi connectivity index (χ0n) is 18.2. The topological polar surface area (TPSA) is 65.1 Å². The zero-order chi connectivity index (χ0) is 21.5. The molecule has 3 aliphatic heterocycles. The number of nitrogens with zero attached hydrogens (tertiary/aromatic N) is 3. The molecule has 1 aromatic carbocycles. The number of allylic oxidation sites excluding steroid dienone is 1. The second-order valence-electron chi connectivity index (χ2n) is 8.89. The summed E-state index contributed by atoms with van der Waals surface area (Å²) in [5.74, 6) is 1.21. The predicted molar refractivity (Wildman–Crippen MR) is 131 cm³/mol. The third-order valence-electron chi connectivity index (χ3n) is 6.72. The maximum atomic E-state index is 4.97. The number of nitrogens with one attached hydrogen (secondary N) is 3. The van der Waals surface area contributed by atoms with Crippen LogP contribution in [-0.2, 0) is 0 Å². The van der Waals surface area contributed by atoms with Gasteiger partial charge in [0.1, 0.15) is 0 Å². The summed E-state index contributed by atoms with van der Waals surface area (Å²) >= 11 is 1.80. The van der Waals surface area contributed by atoms with E-state index in [1.165, 1.54) is 22.4 Å². The number of hydrogen-bond acceptors (Lipinski definition) is 7. The SMILES string of the molecule is C[C@@H]1CC(C2=C(c3ccnc(NC4CCNCC4)n3)N3C=CSC3N2)=Cc2ccccc21. The van der Waals surface area contributed by atoms with Crippen LogP contribution >= 0.6 is 11.8 Å². The van der Waals surface area contributed by atoms with Gasteiger partial charge in [-0.05, 0) is 72.5 Å². The maximum absolute atomic E-state index is 4.97. The van der Waals surface area contributed by atoms with E-state index in [-0.39, 0.29) is 5.50 Å². The predicted octanol–water partition coefficient (Wildman–Crippen LogP) is 4.31. The molecule has 0 saturated carbocycles. The number of benzene rings is 1. The lowest BCUT2D eigenvalue weighted by Crippen LogP contribution is -2.35. The third-order valence-corrected chi connectivity index (χ3v) is 7.60. The molecule has 0 bridgehead atoms. The lowest BCUT2D eigenvalue weighted by Gasteiger charge is -2.25. The summed E-state index contributed by atoms with van der Waals surface area (Å²) in [5.41, 5.74) is 7.58. The van der Waals surface area contributed by atoms with Gasteiger partial charge in [0.05, 0.1) is 17.1 Å². The molecule has 4 heterocycles. The second-order valence-corrected chi connectivity index (χ2v) is 9.88. The van der Waals surface area contributed by atoms with Crippen molar-refractivity contribution in [2.45, 2.75) is 43.6 Å². The Kier molecular flexibility index (Phi) is 5.15. The van der Waals surface area contributed by atoms with Gasteiger partial charge in [0.15, 0.2) is 5.50 Å². The van der Waals surface area contributed by atoms with Gasteiger partial charge in [-0.1, -0.05) is 43.0 Å². The van der Waals surface area contributed by atoms with Crippen LogP contribution in [0.15, 0.2) is 59.4 Å². The minimum atomic E-state index is 0.184. The minimum absolute atomic E-state index is 0.184. The fourth-order valence-corrected chi connectivity index (χ4v) is 5.94. The standard InChI is InChI=1S/C25H28N6S/c1-16-14-18(15-17-4-2-3-5-20(16)17)22-23(31-12-13-32-25(31)30-22)21-8-11-27-24(29-21)28-19-6-9-26-10-7-19/h2-5,8,11-13,15-16,19,25-26,30H,6-7,9-10,14H2,1H3,(H,27,28,29)/t16-,25?/m1/s1. The molecule has 6 nitrogen and oxygen atoms in total. The van der Waals surface area contributed by atoms with Crippen molar-refractivity contribution in [3.05, 3.63) is 76.2 Å². The molecule has 164 valence electrons. The molecule has 6 rings (SSSR count). The van der Waals surface area contributed by atoms with Crippen LogP contribution in [0.5, 0.6) is 0 Å².